The average Bonchev–Trinajstić information content (AvgIpc) is 3.19. The molecular formula is C18H20ClN7O3S. The number of nitrogens with zero attached hydrogens (tertiary/aromatic N) is 4. The molecule has 3 aromatic rings. The van der Waals surface area contributed by atoms with Gasteiger partial charge in [0, 0.05) is 25.6 Å². The monoisotopic (exact) mass is 449 g/mol. The van der Waals surface area contributed by atoms with Gasteiger partial charge < -0.3 is 15.2 Å². The minimum atomic E-state index is -3.72. The first-order valence-electron chi connectivity index (χ1n) is 9.32. The van der Waals surface area contributed by atoms with Crippen LogP contribution in [-0.4, -0.2) is 47.4 Å². The zero-order chi connectivity index (χ0) is 21.3. The number of anilines is 1. The Labute approximate surface area is 177 Å². The summed E-state index contributed by atoms with van der Waals surface area (Å²) in [4.78, 5) is 30.2. The normalized spacial score (nSPS) is 15.5. The highest BCUT2D eigenvalue weighted by Crippen LogP contribution is 2.27. The van der Waals surface area contributed by atoms with Crippen molar-refractivity contribution in [2.75, 3.05) is 18.0 Å². The van der Waals surface area contributed by atoms with E-state index in [2.05, 4.69) is 30.2 Å². The Balaban J connectivity index is 1.34. The maximum absolute atomic E-state index is 12.6. The molecule has 0 aliphatic carbocycles. The number of benzene rings is 1. The summed E-state index contributed by atoms with van der Waals surface area (Å²) < 4.78 is 22.6. The van der Waals surface area contributed by atoms with Gasteiger partial charge in [-0.15, -0.1) is 0 Å². The molecular weight excluding hydrogens is 430 g/mol. The lowest BCUT2D eigenvalue weighted by atomic mass is 9.95. The molecule has 1 aromatic carbocycles. The van der Waals surface area contributed by atoms with Gasteiger partial charge in [0.2, 0.25) is 21.2 Å². The molecule has 12 heteroatoms. The van der Waals surface area contributed by atoms with Crippen molar-refractivity contribution in [3.8, 4) is 0 Å². The number of carbonyl (C=O) groups is 1. The first-order valence-corrected chi connectivity index (χ1v) is 11.2. The van der Waals surface area contributed by atoms with Crippen LogP contribution in [0.4, 0.5) is 5.82 Å². The molecule has 0 saturated carbocycles. The van der Waals surface area contributed by atoms with E-state index in [9.17, 15) is 13.2 Å². The fourth-order valence-corrected chi connectivity index (χ4v) is 4.18. The number of nitrogens with one attached hydrogen (secondary N) is 2. The number of aromatic amines is 1. The Morgan fingerprint density at radius 2 is 1.93 bits per heavy atom. The quantitative estimate of drug-likeness (QED) is 0.495. The van der Waals surface area contributed by atoms with Crippen molar-refractivity contribution >= 4 is 44.5 Å². The minimum Gasteiger partial charge on any atom is -0.355 e. The highest BCUT2D eigenvalue weighted by atomic mass is 35.5. The van der Waals surface area contributed by atoms with E-state index >= 15 is 0 Å². The summed E-state index contributed by atoms with van der Waals surface area (Å²) in [7, 11) is -3.72. The van der Waals surface area contributed by atoms with E-state index in [1.807, 2.05) is 0 Å². The fraction of sp³-hybridized carbons (Fsp3) is 0.333. The molecule has 0 radical (unpaired) electrons. The van der Waals surface area contributed by atoms with Crippen molar-refractivity contribution in [1.82, 2.24) is 25.3 Å². The first kappa shape index (κ1) is 20.5. The molecule has 3 heterocycles. The number of rotatable bonds is 5. The van der Waals surface area contributed by atoms with Crippen LogP contribution in [-0.2, 0) is 21.4 Å². The van der Waals surface area contributed by atoms with Gasteiger partial charge in [0.05, 0.1) is 11.2 Å². The second-order valence-electron chi connectivity index (χ2n) is 7.09. The molecule has 1 amide bonds. The molecule has 0 bridgehead atoms. The lowest BCUT2D eigenvalue weighted by Crippen LogP contribution is -2.40. The van der Waals surface area contributed by atoms with E-state index in [4.69, 9.17) is 16.7 Å². The zero-order valence-electron chi connectivity index (χ0n) is 15.9. The van der Waals surface area contributed by atoms with Gasteiger partial charge in [-0.1, -0.05) is 12.1 Å². The van der Waals surface area contributed by atoms with E-state index in [1.165, 1.54) is 12.1 Å². The largest absolute Gasteiger partial charge is 0.355 e. The van der Waals surface area contributed by atoms with Gasteiger partial charge >= 0.3 is 0 Å². The van der Waals surface area contributed by atoms with E-state index < -0.39 is 10.0 Å². The number of halogens is 1. The predicted molar refractivity (Wildman–Crippen MR) is 111 cm³/mol. The number of sulfonamides is 1. The molecule has 0 spiro atoms. The number of carbonyl (C=O) groups excluding carboxylic acids is 1. The van der Waals surface area contributed by atoms with Gasteiger partial charge in [-0.05, 0) is 42.1 Å². The first-order chi connectivity index (χ1) is 14.3. The van der Waals surface area contributed by atoms with E-state index in [0.717, 1.165) is 11.1 Å². The molecule has 0 unspecified atom stereocenters. The van der Waals surface area contributed by atoms with Crippen LogP contribution in [0.3, 0.4) is 0 Å². The Morgan fingerprint density at radius 1 is 1.23 bits per heavy atom. The number of primary sulfonamides is 1. The molecule has 1 aliphatic rings. The Kier molecular flexibility index (Phi) is 5.58. The summed E-state index contributed by atoms with van der Waals surface area (Å²) in [6.07, 6.45) is 2.90. The average molecular weight is 450 g/mol. The topological polar surface area (TPSA) is 147 Å². The summed E-state index contributed by atoms with van der Waals surface area (Å²) in [5, 5.41) is 8.14. The number of hydrogen-bond acceptors (Lipinski definition) is 7. The van der Waals surface area contributed by atoms with Gasteiger partial charge in [0.15, 0.2) is 11.5 Å². The van der Waals surface area contributed by atoms with Crippen LogP contribution in [0.15, 0.2) is 35.5 Å². The highest BCUT2D eigenvalue weighted by Gasteiger charge is 2.27. The molecule has 0 atom stereocenters. The maximum Gasteiger partial charge on any atom is 0.238 e. The second kappa shape index (κ2) is 8.17. The van der Waals surface area contributed by atoms with Crippen molar-refractivity contribution in [3.63, 3.8) is 0 Å². The molecule has 4 rings (SSSR count). The van der Waals surface area contributed by atoms with Crippen molar-refractivity contribution < 1.29 is 13.2 Å². The van der Waals surface area contributed by atoms with Crippen LogP contribution < -0.4 is 15.4 Å². The summed E-state index contributed by atoms with van der Waals surface area (Å²) in [5.74, 6) is 0.549. The molecule has 30 heavy (non-hydrogen) atoms. The summed E-state index contributed by atoms with van der Waals surface area (Å²) in [6, 6.07) is 6.13. The van der Waals surface area contributed by atoms with Gasteiger partial charge in [0.1, 0.15) is 5.52 Å². The predicted octanol–water partition coefficient (Wildman–Crippen LogP) is 1.19. The number of imidazole rings is 1. The van der Waals surface area contributed by atoms with Gasteiger partial charge in [0.25, 0.3) is 0 Å². The van der Waals surface area contributed by atoms with Gasteiger partial charge in [-0.3, -0.25) is 4.79 Å². The third-order valence-corrected chi connectivity index (χ3v) is 6.22. The molecule has 1 aliphatic heterocycles. The van der Waals surface area contributed by atoms with Crippen LogP contribution in [0.5, 0.6) is 0 Å². The third kappa shape index (κ3) is 4.37. The number of H-pyrrole nitrogens is 1. The lowest BCUT2D eigenvalue weighted by molar-refractivity contribution is -0.125. The van der Waals surface area contributed by atoms with E-state index in [1.54, 1.807) is 18.5 Å². The van der Waals surface area contributed by atoms with Crippen LogP contribution in [0.1, 0.15) is 18.4 Å². The standard InChI is InChI=1S/C18H20ClN7O3S/c19-18-24-15-14(22-10-23-15)16(25-18)26-7-5-12(6-8-26)17(27)21-9-11-1-3-13(4-2-11)30(20,28)29/h1-4,10,12H,5-9H2,(H,21,27)(H2,20,28,29)(H,22,23,24,25). The highest BCUT2D eigenvalue weighted by molar-refractivity contribution is 7.89. The van der Waals surface area contributed by atoms with Crippen LogP contribution in [0, 0.1) is 5.92 Å². The van der Waals surface area contributed by atoms with Crippen molar-refractivity contribution in [3.05, 3.63) is 41.4 Å². The maximum atomic E-state index is 12.6. The number of fused-ring (bicyclic) bond motifs is 1. The minimum absolute atomic E-state index is 0.0300. The Morgan fingerprint density at radius 3 is 2.60 bits per heavy atom. The van der Waals surface area contributed by atoms with Crippen molar-refractivity contribution in [2.24, 2.45) is 11.1 Å². The molecule has 1 saturated heterocycles. The van der Waals surface area contributed by atoms with Crippen molar-refractivity contribution in [1.29, 1.82) is 0 Å². The van der Waals surface area contributed by atoms with Crippen LogP contribution in [0.25, 0.3) is 11.2 Å². The van der Waals surface area contributed by atoms with Crippen LogP contribution >= 0.6 is 11.6 Å². The molecule has 158 valence electrons. The summed E-state index contributed by atoms with van der Waals surface area (Å²) in [5.41, 5.74) is 2.04. The van der Waals surface area contributed by atoms with Gasteiger partial charge in [-0.2, -0.15) is 9.97 Å². The third-order valence-electron chi connectivity index (χ3n) is 5.12. The molecule has 10 nitrogen and oxygen atoms in total. The number of aromatic nitrogens is 4. The number of piperidine rings is 1. The summed E-state index contributed by atoms with van der Waals surface area (Å²) in [6.45, 7) is 1.63. The smallest absolute Gasteiger partial charge is 0.238 e. The van der Waals surface area contributed by atoms with E-state index in [0.29, 0.717) is 43.9 Å². The van der Waals surface area contributed by atoms with E-state index in [-0.39, 0.29) is 22.0 Å². The zero-order valence-corrected chi connectivity index (χ0v) is 17.4. The van der Waals surface area contributed by atoms with Gasteiger partial charge in [-0.25, -0.2) is 18.5 Å². The Hall–Kier alpha value is -2.76. The summed E-state index contributed by atoms with van der Waals surface area (Å²) >= 11 is 6.01. The van der Waals surface area contributed by atoms with Crippen LogP contribution in [0.2, 0.25) is 5.28 Å². The number of amides is 1. The van der Waals surface area contributed by atoms with Crippen molar-refractivity contribution in [2.45, 2.75) is 24.3 Å². The fourth-order valence-electron chi connectivity index (χ4n) is 3.50. The Bertz CT molecular complexity index is 1170. The number of hydrogen-bond donors (Lipinski definition) is 3. The molecule has 4 N–H and O–H groups in total. The SMILES string of the molecule is NS(=O)(=O)c1ccc(CNC(=O)C2CCN(c3nc(Cl)nc4nc[nH]c34)CC2)cc1. The molecule has 1 fully saturated rings. The number of nitrogens with two attached hydrogens (primary N) is 1. The lowest BCUT2D eigenvalue weighted by Gasteiger charge is -2.32. The molecule has 2 aromatic heterocycles. The second-order valence-corrected chi connectivity index (χ2v) is 8.98.